The number of carbonyl (C=O) groups is 1. The highest BCUT2D eigenvalue weighted by Crippen LogP contribution is 2.73. The average Bonchev–Trinajstić information content (AvgIpc) is 3.48. The number of rotatable bonds is 23. The normalized spacial score (nSPS) is 35.8. The van der Waals surface area contributed by atoms with Gasteiger partial charge in [0.1, 0.15) is 11.9 Å². The Morgan fingerprint density at radius 1 is 0.717 bits per heavy atom. The lowest BCUT2D eigenvalue weighted by Crippen LogP contribution is -2.61. The van der Waals surface area contributed by atoms with E-state index in [-0.39, 0.29) is 30.0 Å². The second-order valence-electron chi connectivity index (χ2n) is 19.6. The van der Waals surface area contributed by atoms with Gasteiger partial charge in [-0.1, -0.05) is 125 Å². The van der Waals surface area contributed by atoms with Crippen molar-refractivity contribution in [1.29, 1.82) is 0 Å². The molecule has 4 rings (SSSR count). The Balaban J connectivity index is 1.57. The first-order chi connectivity index (χ1) is 25.2. The summed E-state index contributed by atoms with van der Waals surface area (Å²) in [7, 11) is -4.96. The van der Waals surface area contributed by atoms with E-state index in [0.29, 0.717) is 42.4 Å². The number of ketones is 1. The molecule has 0 heterocycles. The molecule has 7 nitrogen and oxygen atoms in total. The summed E-state index contributed by atoms with van der Waals surface area (Å²) < 4.78 is 14.0. The van der Waals surface area contributed by atoms with Crippen molar-refractivity contribution >= 4 is 13.4 Å². The number of hydrogen-bond donors (Lipinski definition) is 5. The molecule has 8 heteroatoms. The number of hydrogen-bond acceptors (Lipinski definition) is 5. The molecule has 0 saturated heterocycles. The molecule has 5 N–H and O–H groups in total. The molecule has 13 atom stereocenters. The van der Waals surface area contributed by atoms with Gasteiger partial charge in [0.15, 0.2) is 0 Å². The average molecular weight is 767 g/mol. The third-order valence-corrected chi connectivity index (χ3v) is 18.5. The summed E-state index contributed by atoms with van der Waals surface area (Å²) in [6, 6.07) is 0. The molecule has 6 unspecified atom stereocenters. The van der Waals surface area contributed by atoms with E-state index in [4.69, 9.17) is 0 Å². The standard InChI is InChI=1S/C45H83O7P/c1-7-10-12-13-14-15-16-17-18-21-33(20-11-8-2)41(48)40(42(49)39(47)31-46)45(53(50,51)52)29-28-43(5)34(30-45)22-23-35-37-25-24-36(32(4)19-9-3)44(37,6)27-26-38(35)43/h32-40,42,46-47,49H,7-31H2,1-6H3,(H2,50,51,52)/t32-,33?,34?,35?,36-,37?,38?,39-,40+,42-,43+,44-,45?/m1/s1. The highest BCUT2D eigenvalue weighted by atomic mass is 31.2. The predicted molar refractivity (Wildman–Crippen MR) is 217 cm³/mol. The lowest BCUT2D eigenvalue weighted by Gasteiger charge is -2.63. The molecule has 53 heavy (non-hydrogen) atoms. The van der Waals surface area contributed by atoms with Crippen LogP contribution in [0.15, 0.2) is 0 Å². The van der Waals surface area contributed by atoms with Crippen molar-refractivity contribution in [3.8, 4) is 0 Å². The second-order valence-corrected chi connectivity index (χ2v) is 21.6. The number of aliphatic hydroxyl groups is 3. The van der Waals surface area contributed by atoms with Crippen LogP contribution in [0, 0.1) is 58.2 Å². The number of carbonyl (C=O) groups excluding carboxylic acids is 1. The minimum atomic E-state index is -4.96. The van der Waals surface area contributed by atoms with Crippen LogP contribution >= 0.6 is 7.60 Å². The van der Waals surface area contributed by atoms with E-state index in [2.05, 4.69) is 41.5 Å². The van der Waals surface area contributed by atoms with E-state index in [9.17, 15) is 34.5 Å². The summed E-state index contributed by atoms with van der Waals surface area (Å²) in [6.45, 7) is 13.3. The number of fused-ring (bicyclic) bond motifs is 5. The van der Waals surface area contributed by atoms with Crippen molar-refractivity contribution in [2.45, 2.75) is 213 Å². The van der Waals surface area contributed by atoms with E-state index >= 15 is 0 Å². The molecule has 0 aromatic rings. The molecule has 4 saturated carbocycles. The molecule has 0 radical (unpaired) electrons. The maximum absolute atomic E-state index is 14.9. The zero-order chi connectivity index (χ0) is 39.0. The van der Waals surface area contributed by atoms with Gasteiger partial charge in [0, 0.05) is 5.92 Å². The van der Waals surface area contributed by atoms with E-state index in [0.717, 1.165) is 63.2 Å². The summed E-state index contributed by atoms with van der Waals surface area (Å²) in [5, 5.41) is 30.9. The maximum Gasteiger partial charge on any atom is 0.332 e. The van der Waals surface area contributed by atoms with Gasteiger partial charge < -0.3 is 25.1 Å². The van der Waals surface area contributed by atoms with Crippen molar-refractivity contribution in [1.82, 2.24) is 0 Å². The first-order valence-corrected chi connectivity index (χ1v) is 24.3. The van der Waals surface area contributed by atoms with Crippen LogP contribution in [0.3, 0.4) is 0 Å². The van der Waals surface area contributed by atoms with Crippen LogP contribution in [-0.4, -0.2) is 54.9 Å². The Bertz CT molecular complexity index is 1170. The maximum atomic E-state index is 14.9. The second kappa shape index (κ2) is 19.9. The highest BCUT2D eigenvalue weighted by Gasteiger charge is 2.67. The number of aliphatic hydroxyl groups excluding tert-OH is 3. The Morgan fingerprint density at radius 2 is 1.32 bits per heavy atom. The lowest BCUT2D eigenvalue weighted by atomic mass is 9.43. The smallest absolute Gasteiger partial charge is 0.332 e. The molecule has 0 spiro atoms. The zero-order valence-corrected chi connectivity index (χ0v) is 35.8. The van der Waals surface area contributed by atoms with Gasteiger partial charge in [-0.15, -0.1) is 0 Å². The van der Waals surface area contributed by atoms with Crippen LogP contribution < -0.4 is 0 Å². The molecule has 0 bridgehead atoms. The fourth-order valence-corrected chi connectivity index (χ4v) is 15.1. The van der Waals surface area contributed by atoms with Crippen molar-refractivity contribution in [3.63, 3.8) is 0 Å². The zero-order valence-electron chi connectivity index (χ0n) is 35.0. The topological polar surface area (TPSA) is 135 Å². The number of Topliss-reactive ketones (excluding diaryl/α,β-unsaturated/α-hetero) is 1. The molecule has 4 aliphatic carbocycles. The van der Waals surface area contributed by atoms with Crippen molar-refractivity contribution in [2.24, 2.45) is 58.2 Å². The molecule has 0 aromatic heterocycles. The lowest BCUT2D eigenvalue weighted by molar-refractivity contribution is -0.149. The third kappa shape index (κ3) is 9.71. The van der Waals surface area contributed by atoms with Crippen molar-refractivity contribution < 1.29 is 34.5 Å². The Morgan fingerprint density at radius 3 is 1.92 bits per heavy atom. The Hall–Kier alpha value is -0.300. The van der Waals surface area contributed by atoms with Crippen LogP contribution in [-0.2, 0) is 9.36 Å². The van der Waals surface area contributed by atoms with Crippen LogP contribution in [0.2, 0.25) is 0 Å². The van der Waals surface area contributed by atoms with Gasteiger partial charge in [-0.3, -0.25) is 9.36 Å². The minimum absolute atomic E-state index is 0.0332. The Kier molecular flexibility index (Phi) is 17.1. The van der Waals surface area contributed by atoms with Gasteiger partial charge in [0.2, 0.25) is 0 Å². The van der Waals surface area contributed by atoms with Gasteiger partial charge in [-0.25, -0.2) is 0 Å². The van der Waals surface area contributed by atoms with E-state index in [1.807, 2.05) is 0 Å². The summed E-state index contributed by atoms with van der Waals surface area (Å²) in [4.78, 5) is 37.7. The third-order valence-electron chi connectivity index (χ3n) is 16.6. The monoisotopic (exact) mass is 767 g/mol. The molecule has 4 fully saturated rings. The molecular weight excluding hydrogens is 683 g/mol. The predicted octanol–water partition coefficient (Wildman–Crippen LogP) is 10.6. The number of unbranched alkanes of at least 4 members (excludes halogenated alkanes) is 9. The van der Waals surface area contributed by atoms with E-state index in [1.165, 1.54) is 70.6 Å². The molecular formula is C45H83O7P. The van der Waals surface area contributed by atoms with E-state index < -0.39 is 43.4 Å². The molecule has 0 amide bonds. The first-order valence-electron chi connectivity index (χ1n) is 22.7. The van der Waals surface area contributed by atoms with E-state index in [1.54, 1.807) is 0 Å². The SMILES string of the molecule is CCCCCCCCCCCC(CCCC)C(=O)[C@@H]([C@H](O)[C@H](O)CO)C1(P(=O)(O)O)CC[C@@]2(C)C(CCC3C2CC[C@@]2(C)C3CC[C@@H]2[C@H](C)CCC)C1. The van der Waals surface area contributed by atoms with Gasteiger partial charge in [0.05, 0.1) is 23.8 Å². The highest BCUT2D eigenvalue weighted by molar-refractivity contribution is 7.53. The van der Waals surface area contributed by atoms with Crippen LogP contribution in [0.25, 0.3) is 0 Å². The summed E-state index contributed by atoms with van der Waals surface area (Å²) in [5.74, 6) is 1.23. The van der Waals surface area contributed by atoms with Gasteiger partial charge in [0.25, 0.3) is 0 Å². The van der Waals surface area contributed by atoms with Crippen LogP contribution in [0.1, 0.15) is 196 Å². The van der Waals surface area contributed by atoms with Gasteiger partial charge in [-0.05, 0) is 117 Å². The fourth-order valence-electron chi connectivity index (χ4n) is 13.6. The molecule has 310 valence electrons. The summed E-state index contributed by atoms with van der Waals surface area (Å²) in [5.41, 5.74) is 0.288. The Labute approximate surface area is 324 Å². The van der Waals surface area contributed by atoms with Crippen LogP contribution in [0.5, 0.6) is 0 Å². The molecule has 4 aliphatic rings. The molecule has 0 aliphatic heterocycles. The minimum Gasteiger partial charge on any atom is -0.394 e. The van der Waals surface area contributed by atoms with Crippen molar-refractivity contribution in [2.75, 3.05) is 6.61 Å². The van der Waals surface area contributed by atoms with Gasteiger partial charge in [-0.2, -0.15) is 0 Å². The summed E-state index contributed by atoms with van der Waals surface area (Å²) >= 11 is 0. The first kappa shape index (κ1) is 45.4. The summed E-state index contributed by atoms with van der Waals surface area (Å²) in [6.07, 6.45) is 20.5. The quantitative estimate of drug-likeness (QED) is 0.0516. The van der Waals surface area contributed by atoms with Crippen LogP contribution in [0.4, 0.5) is 0 Å². The van der Waals surface area contributed by atoms with Crippen molar-refractivity contribution in [3.05, 3.63) is 0 Å². The molecule has 0 aromatic carbocycles. The van der Waals surface area contributed by atoms with Gasteiger partial charge >= 0.3 is 7.60 Å². The largest absolute Gasteiger partial charge is 0.394 e. The fraction of sp³-hybridized carbons (Fsp3) is 0.978.